The second kappa shape index (κ2) is 9.24. The smallest absolute Gasteiger partial charge is 0.321 e. The van der Waals surface area contributed by atoms with E-state index in [9.17, 15) is 9.59 Å². The SMILES string of the molecule is Cc1cccc(NC(=O)N2CCCC(C(=O)NC(C)c3cccc(Br)c3)C2)c1. The minimum Gasteiger partial charge on any atom is -0.349 e. The van der Waals surface area contributed by atoms with E-state index in [1.807, 2.05) is 62.4 Å². The lowest BCUT2D eigenvalue weighted by molar-refractivity contribution is -0.126. The third-order valence-corrected chi connectivity index (χ3v) is 5.55. The molecule has 2 atom stereocenters. The molecule has 2 aromatic rings. The van der Waals surface area contributed by atoms with E-state index in [1.165, 1.54) is 0 Å². The topological polar surface area (TPSA) is 61.4 Å². The van der Waals surface area contributed by atoms with Gasteiger partial charge in [-0.25, -0.2) is 4.79 Å². The van der Waals surface area contributed by atoms with Crippen LogP contribution < -0.4 is 10.6 Å². The third-order valence-electron chi connectivity index (χ3n) is 5.06. The Morgan fingerprint density at radius 1 is 1.18 bits per heavy atom. The lowest BCUT2D eigenvalue weighted by atomic mass is 9.96. The van der Waals surface area contributed by atoms with Crippen molar-refractivity contribution < 1.29 is 9.59 Å². The number of carbonyl (C=O) groups is 2. The first-order chi connectivity index (χ1) is 13.4. The Hall–Kier alpha value is -2.34. The summed E-state index contributed by atoms with van der Waals surface area (Å²) in [7, 11) is 0. The van der Waals surface area contributed by atoms with Crippen LogP contribution in [0.25, 0.3) is 0 Å². The number of halogens is 1. The average Bonchev–Trinajstić information content (AvgIpc) is 2.68. The zero-order valence-electron chi connectivity index (χ0n) is 16.2. The van der Waals surface area contributed by atoms with Gasteiger partial charge in [0, 0.05) is 23.2 Å². The highest BCUT2D eigenvalue weighted by atomic mass is 79.9. The van der Waals surface area contributed by atoms with Crippen LogP contribution in [0.15, 0.2) is 53.0 Å². The predicted octanol–water partition coefficient (Wildman–Crippen LogP) is 4.88. The van der Waals surface area contributed by atoms with E-state index in [0.29, 0.717) is 13.1 Å². The summed E-state index contributed by atoms with van der Waals surface area (Å²) in [5, 5.41) is 6.03. The molecule has 1 saturated heterocycles. The van der Waals surface area contributed by atoms with E-state index in [2.05, 4.69) is 26.6 Å². The fourth-order valence-electron chi connectivity index (χ4n) is 3.49. The molecule has 1 aliphatic rings. The van der Waals surface area contributed by atoms with Crippen molar-refractivity contribution in [3.05, 3.63) is 64.1 Å². The summed E-state index contributed by atoms with van der Waals surface area (Å²) in [4.78, 5) is 27.1. The maximum absolute atomic E-state index is 12.8. The number of carbonyl (C=O) groups excluding carboxylic acids is 2. The average molecular weight is 444 g/mol. The van der Waals surface area contributed by atoms with Gasteiger partial charge in [0.1, 0.15) is 0 Å². The molecular formula is C22H26BrN3O2. The van der Waals surface area contributed by atoms with Crippen LogP contribution in [0.5, 0.6) is 0 Å². The summed E-state index contributed by atoms with van der Waals surface area (Å²) in [5.74, 6) is -0.188. The van der Waals surface area contributed by atoms with Gasteiger partial charge in [-0.15, -0.1) is 0 Å². The van der Waals surface area contributed by atoms with Crippen molar-refractivity contribution >= 4 is 33.6 Å². The highest BCUT2D eigenvalue weighted by molar-refractivity contribution is 9.10. The van der Waals surface area contributed by atoms with E-state index in [1.54, 1.807) is 4.90 Å². The van der Waals surface area contributed by atoms with E-state index in [4.69, 9.17) is 0 Å². The molecule has 1 fully saturated rings. The summed E-state index contributed by atoms with van der Waals surface area (Å²) in [6, 6.07) is 15.4. The first kappa shape index (κ1) is 20.4. The number of benzene rings is 2. The van der Waals surface area contributed by atoms with E-state index >= 15 is 0 Å². The fraction of sp³-hybridized carbons (Fsp3) is 0.364. The molecule has 0 saturated carbocycles. The molecule has 148 valence electrons. The Morgan fingerprint density at radius 3 is 2.71 bits per heavy atom. The maximum Gasteiger partial charge on any atom is 0.321 e. The van der Waals surface area contributed by atoms with Crippen LogP contribution in [0.2, 0.25) is 0 Å². The van der Waals surface area contributed by atoms with Crippen LogP contribution in [0.3, 0.4) is 0 Å². The molecule has 0 spiro atoms. The number of nitrogens with one attached hydrogen (secondary N) is 2. The van der Waals surface area contributed by atoms with Crippen LogP contribution >= 0.6 is 15.9 Å². The van der Waals surface area contributed by atoms with Crippen molar-refractivity contribution in [2.45, 2.75) is 32.7 Å². The normalized spacial score (nSPS) is 17.7. The number of amides is 3. The quantitative estimate of drug-likeness (QED) is 0.706. The molecule has 1 heterocycles. The van der Waals surface area contributed by atoms with Crippen molar-refractivity contribution in [3.8, 4) is 0 Å². The Bertz CT molecular complexity index is 855. The van der Waals surface area contributed by atoms with Gasteiger partial charge in [-0.05, 0) is 62.1 Å². The number of hydrogen-bond acceptors (Lipinski definition) is 2. The van der Waals surface area contributed by atoms with Gasteiger partial charge >= 0.3 is 6.03 Å². The predicted molar refractivity (Wildman–Crippen MR) is 115 cm³/mol. The molecule has 6 heteroatoms. The number of piperidine rings is 1. The Balaban J connectivity index is 1.57. The molecule has 2 aromatic carbocycles. The summed E-state index contributed by atoms with van der Waals surface area (Å²) < 4.78 is 0.989. The highest BCUT2D eigenvalue weighted by Gasteiger charge is 2.29. The van der Waals surface area contributed by atoms with Crippen molar-refractivity contribution in [1.29, 1.82) is 0 Å². The van der Waals surface area contributed by atoms with Gasteiger partial charge in [0.05, 0.1) is 12.0 Å². The van der Waals surface area contributed by atoms with Crippen molar-refractivity contribution in [2.24, 2.45) is 5.92 Å². The molecule has 3 amide bonds. The molecule has 2 N–H and O–H groups in total. The molecule has 28 heavy (non-hydrogen) atoms. The monoisotopic (exact) mass is 443 g/mol. The Kier molecular flexibility index (Phi) is 6.73. The second-order valence-electron chi connectivity index (χ2n) is 7.37. The Morgan fingerprint density at radius 2 is 1.96 bits per heavy atom. The van der Waals surface area contributed by atoms with Gasteiger partial charge in [0.15, 0.2) is 0 Å². The minimum absolute atomic E-state index is 0.000492. The first-order valence-electron chi connectivity index (χ1n) is 9.61. The zero-order chi connectivity index (χ0) is 20.1. The molecule has 2 unspecified atom stereocenters. The summed E-state index contributed by atoms with van der Waals surface area (Å²) in [6.45, 7) is 5.07. The molecular weight excluding hydrogens is 418 g/mol. The van der Waals surface area contributed by atoms with Gasteiger partial charge in [-0.2, -0.15) is 0 Å². The van der Waals surface area contributed by atoms with Crippen molar-refractivity contribution in [3.63, 3.8) is 0 Å². The van der Waals surface area contributed by atoms with Gasteiger partial charge in [0.25, 0.3) is 0 Å². The summed E-state index contributed by atoms with van der Waals surface area (Å²) >= 11 is 3.46. The van der Waals surface area contributed by atoms with Crippen molar-refractivity contribution in [1.82, 2.24) is 10.2 Å². The van der Waals surface area contributed by atoms with Crippen LogP contribution in [0.4, 0.5) is 10.5 Å². The molecule has 0 bridgehead atoms. The molecule has 0 aromatic heterocycles. The lowest BCUT2D eigenvalue weighted by Gasteiger charge is -2.32. The van der Waals surface area contributed by atoms with Crippen molar-refractivity contribution in [2.75, 3.05) is 18.4 Å². The van der Waals surface area contributed by atoms with Crippen LogP contribution in [0.1, 0.15) is 36.9 Å². The van der Waals surface area contributed by atoms with Crippen LogP contribution in [0, 0.1) is 12.8 Å². The van der Waals surface area contributed by atoms with E-state index < -0.39 is 0 Å². The maximum atomic E-state index is 12.8. The number of aryl methyl sites for hydroxylation is 1. The van der Waals surface area contributed by atoms with E-state index in [0.717, 1.165) is 34.1 Å². The lowest BCUT2D eigenvalue weighted by Crippen LogP contribution is -2.47. The number of anilines is 1. The first-order valence-corrected chi connectivity index (χ1v) is 10.4. The zero-order valence-corrected chi connectivity index (χ0v) is 17.8. The molecule has 1 aliphatic heterocycles. The van der Waals surface area contributed by atoms with Gasteiger partial charge in [0.2, 0.25) is 5.91 Å². The minimum atomic E-state index is -0.188. The van der Waals surface area contributed by atoms with E-state index in [-0.39, 0.29) is 23.9 Å². The van der Waals surface area contributed by atoms with Gasteiger partial charge in [-0.1, -0.05) is 40.2 Å². The Labute approximate surface area is 174 Å². The summed E-state index contributed by atoms with van der Waals surface area (Å²) in [5.41, 5.74) is 2.92. The molecule has 3 rings (SSSR count). The van der Waals surface area contributed by atoms with Gasteiger partial charge in [-0.3, -0.25) is 4.79 Å². The van der Waals surface area contributed by atoms with Crippen LogP contribution in [-0.2, 0) is 4.79 Å². The number of likely N-dealkylation sites (tertiary alicyclic amines) is 1. The number of rotatable bonds is 4. The number of nitrogens with zero attached hydrogens (tertiary/aromatic N) is 1. The summed E-state index contributed by atoms with van der Waals surface area (Å²) in [6.07, 6.45) is 1.62. The standard InChI is InChI=1S/C22H26BrN3O2/c1-15-6-3-10-20(12-15)25-22(28)26-11-5-8-18(14-26)21(27)24-16(2)17-7-4-9-19(23)13-17/h3-4,6-7,9-10,12-13,16,18H,5,8,11,14H2,1-2H3,(H,24,27)(H,25,28). The largest absolute Gasteiger partial charge is 0.349 e. The molecule has 0 radical (unpaired) electrons. The third kappa shape index (κ3) is 5.35. The fourth-order valence-corrected chi connectivity index (χ4v) is 3.91. The second-order valence-corrected chi connectivity index (χ2v) is 8.29. The highest BCUT2D eigenvalue weighted by Crippen LogP contribution is 2.22. The molecule has 0 aliphatic carbocycles. The number of hydrogen-bond donors (Lipinski definition) is 2. The molecule has 5 nitrogen and oxygen atoms in total. The van der Waals surface area contributed by atoms with Gasteiger partial charge < -0.3 is 15.5 Å². The number of urea groups is 1. The van der Waals surface area contributed by atoms with Crippen LogP contribution in [-0.4, -0.2) is 29.9 Å².